The van der Waals surface area contributed by atoms with E-state index in [1.165, 1.54) is 6.92 Å². The number of Topliss-reactive ketones (excluding diaryl/α,β-unsaturated/α-hetero) is 1. The van der Waals surface area contributed by atoms with Crippen LogP contribution in [0.1, 0.15) is 82.5 Å². The van der Waals surface area contributed by atoms with Gasteiger partial charge in [0.1, 0.15) is 0 Å². The second-order valence-electron chi connectivity index (χ2n) is 12.0. The molecule has 0 aromatic heterocycles. The van der Waals surface area contributed by atoms with Crippen molar-refractivity contribution in [1.29, 1.82) is 0 Å². The number of esters is 2. The van der Waals surface area contributed by atoms with E-state index >= 15 is 0 Å². The second-order valence-corrected chi connectivity index (χ2v) is 13.9. The van der Waals surface area contributed by atoms with Gasteiger partial charge in [-0.15, -0.1) is 11.6 Å². The largest absolute Gasteiger partial charge is 0.458 e. The molecular formula is C30H34ClIO6. The topological polar surface area (TPSA) is 86.7 Å². The lowest BCUT2D eigenvalue weighted by atomic mass is 9.45. The predicted molar refractivity (Wildman–Crippen MR) is 151 cm³/mol. The maximum atomic E-state index is 13.9. The number of fused-ring (bicyclic) bond motifs is 5. The van der Waals surface area contributed by atoms with Crippen LogP contribution in [0.5, 0.6) is 0 Å². The Labute approximate surface area is 242 Å². The van der Waals surface area contributed by atoms with E-state index in [-0.39, 0.29) is 28.8 Å². The highest BCUT2D eigenvalue weighted by Crippen LogP contribution is 2.71. The van der Waals surface area contributed by atoms with Gasteiger partial charge in [0.25, 0.3) is 0 Å². The summed E-state index contributed by atoms with van der Waals surface area (Å²) in [7, 11) is 0. The molecule has 0 spiro atoms. The van der Waals surface area contributed by atoms with Gasteiger partial charge in [-0.05, 0) is 104 Å². The number of allylic oxidation sites excluding steroid dienone is 1. The zero-order valence-electron chi connectivity index (χ0n) is 22.1. The first-order valence-corrected chi connectivity index (χ1v) is 14.9. The summed E-state index contributed by atoms with van der Waals surface area (Å²) in [5.74, 6) is -1.13. The molecule has 1 aromatic carbocycles. The Morgan fingerprint density at radius 2 is 1.82 bits per heavy atom. The highest BCUT2D eigenvalue weighted by Gasteiger charge is 2.72. The molecule has 0 N–H and O–H groups in total. The van der Waals surface area contributed by atoms with Gasteiger partial charge in [0.2, 0.25) is 5.78 Å². The van der Waals surface area contributed by atoms with Crippen molar-refractivity contribution in [2.24, 2.45) is 22.7 Å². The van der Waals surface area contributed by atoms with Crippen molar-refractivity contribution in [2.45, 2.75) is 82.6 Å². The van der Waals surface area contributed by atoms with Crippen molar-refractivity contribution in [3.05, 3.63) is 45.0 Å². The quantitative estimate of drug-likeness (QED) is 0.214. The van der Waals surface area contributed by atoms with Crippen LogP contribution < -0.4 is 0 Å². The number of alkyl halides is 1. The van der Waals surface area contributed by atoms with Crippen molar-refractivity contribution < 1.29 is 28.7 Å². The van der Waals surface area contributed by atoms with Crippen LogP contribution in [0, 0.1) is 26.2 Å². The molecule has 0 unspecified atom stereocenters. The molecule has 204 valence electrons. The van der Waals surface area contributed by atoms with Gasteiger partial charge in [0, 0.05) is 27.7 Å². The SMILES string of the molecule is CC(=O)OCC(=O)[C@@]1(OC(=O)c2cccc(I)c2)CC[C@H]2[C@@H]3CCC4=CC(=O)CC[C@]4(C)[C@@]3(Cl)CC[C@@]21C. The van der Waals surface area contributed by atoms with Crippen LogP contribution in [-0.2, 0) is 23.9 Å². The third-order valence-electron chi connectivity index (χ3n) is 10.4. The number of halogens is 2. The summed E-state index contributed by atoms with van der Waals surface area (Å²) in [6, 6.07) is 7.11. The average Bonchev–Trinajstić information content (AvgIpc) is 3.16. The van der Waals surface area contributed by atoms with Gasteiger partial charge in [-0.25, -0.2) is 4.79 Å². The van der Waals surface area contributed by atoms with Crippen LogP contribution in [0.2, 0.25) is 0 Å². The molecule has 6 nitrogen and oxygen atoms in total. The van der Waals surface area contributed by atoms with Gasteiger partial charge in [-0.2, -0.15) is 0 Å². The Balaban J connectivity index is 1.53. The molecule has 1 aromatic rings. The van der Waals surface area contributed by atoms with E-state index in [0.29, 0.717) is 37.7 Å². The van der Waals surface area contributed by atoms with E-state index < -0.39 is 34.4 Å². The maximum absolute atomic E-state index is 13.9. The number of carbonyl (C=O) groups excluding carboxylic acids is 4. The molecular weight excluding hydrogens is 619 g/mol. The van der Waals surface area contributed by atoms with Gasteiger partial charge < -0.3 is 9.47 Å². The van der Waals surface area contributed by atoms with Crippen LogP contribution in [0.4, 0.5) is 0 Å². The molecule has 0 amide bonds. The first-order valence-electron chi connectivity index (χ1n) is 13.4. The minimum atomic E-state index is -1.41. The monoisotopic (exact) mass is 652 g/mol. The van der Waals surface area contributed by atoms with Crippen molar-refractivity contribution in [1.82, 2.24) is 0 Å². The fourth-order valence-electron chi connectivity index (χ4n) is 8.25. The Morgan fingerprint density at radius 1 is 1.05 bits per heavy atom. The minimum absolute atomic E-state index is 0.0507. The van der Waals surface area contributed by atoms with Crippen molar-refractivity contribution in [3.8, 4) is 0 Å². The highest BCUT2D eigenvalue weighted by atomic mass is 127. The number of hydrogen-bond donors (Lipinski definition) is 0. The lowest BCUT2D eigenvalue weighted by Crippen LogP contribution is -2.64. The summed E-state index contributed by atoms with van der Waals surface area (Å²) >= 11 is 9.79. The highest BCUT2D eigenvalue weighted by molar-refractivity contribution is 14.1. The number of carbonyl (C=O) groups is 4. The molecule has 0 radical (unpaired) electrons. The summed E-state index contributed by atoms with van der Waals surface area (Å²) in [6.45, 7) is 5.11. The smallest absolute Gasteiger partial charge is 0.339 e. The van der Waals surface area contributed by atoms with Crippen molar-refractivity contribution >= 4 is 57.7 Å². The molecule has 38 heavy (non-hydrogen) atoms. The minimum Gasteiger partial charge on any atom is -0.458 e. The van der Waals surface area contributed by atoms with Gasteiger partial charge in [0.05, 0.1) is 10.4 Å². The molecule has 0 aliphatic heterocycles. The molecule has 0 heterocycles. The Morgan fingerprint density at radius 3 is 2.53 bits per heavy atom. The Hall–Kier alpha value is -1.74. The first-order chi connectivity index (χ1) is 17.9. The molecule has 3 saturated carbocycles. The second kappa shape index (κ2) is 9.72. The van der Waals surface area contributed by atoms with Crippen LogP contribution >= 0.6 is 34.2 Å². The lowest BCUT2D eigenvalue weighted by Gasteiger charge is -2.63. The van der Waals surface area contributed by atoms with Gasteiger partial charge in [-0.1, -0.05) is 25.5 Å². The summed E-state index contributed by atoms with van der Waals surface area (Å²) < 4.78 is 12.3. The van der Waals surface area contributed by atoms with E-state index in [1.807, 2.05) is 12.1 Å². The molecule has 4 aliphatic carbocycles. The first kappa shape index (κ1) is 27.8. The van der Waals surface area contributed by atoms with Crippen LogP contribution in [0.25, 0.3) is 0 Å². The zero-order chi connectivity index (χ0) is 27.5. The summed E-state index contributed by atoms with van der Waals surface area (Å²) in [6.07, 6.45) is 7.00. The fraction of sp³-hybridized carbons (Fsp3) is 0.600. The van der Waals surface area contributed by atoms with Gasteiger partial charge in [-0.3, -0.25) is 14.4 Å². The standard InChI is InChI=1S/C30H34ClIO6/c1-18(33)37-17-25(35)30(38-26(36)19-5-4-6-21(32)15-19)12-10-23-24-8-7-20-16-22(34)9-11-27(20,2)29(24,31)14-13-28(23,30)3/h4-6,15-16,23-24H,7-14,17H2,1-3H3/t23-,24-,27-,28-,29+,30-/m0/s1. The molecule has 8 heteroatoms. The molecule has 0 saturated heterocycles. The van der Waals surface area contributed by atoms with E-state index in [0.717, 1.165) is 28.4 Å². The van der Waals surface area contributed by atoms with Crippen LogP contribution in [0.15, 0.2) is 35.9 Å². The zero-order valence-corrected chi connectivity index (χ0v) is 25.0. The van der Waals surface area contributed by atoms with E-state index in [9.17, 15) is 19.2 Å². The van der Waals surface area contributed by atoms with Gasteiger partial charge >= 0.3 is 11.9 Å². The summed E-state index contributed by atoms with van der Waals surface area (Å²) in [5, 5.41) is 0. The maximum Gasteiger partial charge on any atom is 0.339 e. The fourth-order valence-corrected chi connectivity index (χ4v) is 9.36. The number of hydrogen-bond acceptors (Lipinski definition) is 6. The Kier molecular flexibility index (Phi) is 7.11. The number of ether oxygens (including phenoxy) is 2. The van der Waals surface area contributed by atoms with Gasteiger partial charge in [0.15, 0.2) is 18.0 Å². The molecule has 5 rings (SSSR count). The average molecular weight is 653 g/mol. The predicted octanol–water partition coefficient (Wildman–Crippen LogP) is 6.21. The summed E-state index contributed by atoms with van der Waals surface area (Å²) in [5.41, 5.74) is -0.810. The van der Waals surface area contributed by atoms with E-state index in [1.54, 1.807) is 18.2 Å². The normalized spacial score (nSPS) is 37.8. The third-order valence-corrected chi connectivity index (χ3v) is 11.9. The third kappa shape index (κ3) is 4.09. The number of ketones is 2. The van der Waals surface area contributed by atoms with Crippen LogP contribution in [-0.4, -0.2) is 40.6 Å². The Bertz CT molecular complexity index is 1240. The van der Waals surface area contributed by atoms with E-state index in [4.69, 9.17) is 21.1 Å². The molecule has 4 aliphatic rings. The molecule has 3 fully saturated rings. The van der Waals surface area contributed by atoms with E-state index in [2.05, 4.69) is 36.4 Å². The summed E-state index contributed by atoms with van der Waals surface area (Å²) in [4.78, 5) is 50.7. The van der Waals surface area contributed by atoms with Crippen molar-refractivity contribution in [3.63, 3.8) is 0 Å². The lowest BCUT2D eigenvalue weighted by molar-refractivity contribution is -0.169. The van der Waals surface area contributed by atoms with Crippen LogP contribution in [0.3, 0.4) is 0 Å². The van der Waals surface area contributed by atoms with Crippen molar-refractivity contribution in [2.75, 3.05) is 6.61 Å². The number of benzene rings is 1. The number of rotatable bonds is 5. The molecule has 0 bridgehead atoms. The molecule has 6 atom stereocenters.